The minimum atomic E-state index is 0.157. The molecule has 0 bridgehead atoms. The van der Waals surface area contributed by atoms with Crippen molar-refractivity contribution in [1.82, 2.24) is 9.97 Å². The Hall–Kier alpha value is -1.72. The van der Waals surface area contributed by atoms with Crippen molar-refractivity contribution in [3.8, 4) is 17.0 Å². The smallest absolute Gasteiger partial charge is 0.222 e. The standard InChI is InChI=1S/C12H12Cl2N4O/c1-16-11-5-9(17-12(15)18-11)6-3-8(14)10(19-2)4-7(6)13/h3-5H,1-2H3,(H3,15,16,17,18). The van der Waals surface area contributed by atoms with E-state index in [-0.39, 0.29) is 5.95 Å². The molecule has 5 nitrogen and oxygen atoms in total. The van der Waals surface area contributed by atoms with Gasteiger partial charge in [-0.3, -0.25) is 0 Å². The average molecular weight is 299 g/mol. The molecule has 1 aromatic heterocycles. The highest BCUT2D eigenvalue weighted by atomic mass is 35.5. The summed E-state index contributed by atoms with van der Waals surface area (Å²) in [7, 11) is 3.27. The van der Waals surface area contributed by atoms with Crippen molar-refractivity contribution in [2.45, 2.75) is 0 Å². The van der Waals surface area contributed by atoms with Crippen molar-refractivity contribution < 1.29 is 4.74 Å². The number of hydrogen-bond donors (Lipinski definition) is 2. The first-order valence-corrected chi connectivity index (χ1v) is 6.16. The first-order valence-electron chi connectivity index (χ1n) is 5.41. The van der Waals surface area contributed by atoms with Gasteiger partial charge in [0.25, 0.3) is 0 Å². The van der Waals surface area contributed by atoms with Gasteiger partial charge in [-0.25, -0.2) is 4.98 Å². The number of rotatable bonds is 3. The molecule has 1 heterocycles. The molecule has 2 aromatic rings. The van der Waals surface area contributed by atoms with Crippen LogP contribution in [-0.2, 0) is 0 Å². The van der Waals surface area contributed by atoms with Crippen LogP contribution in [0.25, 0.3) is 11.3 Å². The molecule has 0 aliphatic rings. The number of benzene rings is 1. The Morgan fingerprint density at radius 1 is 1.16 bits per heavy atom. The summed E-state index contributed by atoms with van der Waals surface area (Å²) in [5.74, 6) is 1.27. The lowest BCUT2D eigenvalue weighted by atomic mass is 10.1. The van der Waals surface area contributed by atoms with Crippen LogP contribution >= 0.6 is 23.2 Å². The van der Waals surface area contributed by atoms with Crippen molar-refractivity contribution in [1.29, 1.82) is 0 Å². The fraction of sp³-hybridized carbons (Fsp3) is 0.167. The van der Waals surface area contributed by atoms with E-state index >= 15 is 0 Å². The fourth-order valence-electron chi connectivity index (χ4n) is 1.61. The van der Waals surface area contributed by atoms with E-state index in [1.54, 1.807) is 25.2 Å². The summed E-state index contributed by atoms with van der Waals surface area (Å²) < 4.78 is 5.10. The van der Waals surface area contributed by atoms with Crippen LogP contribution in [0.1, 0.15) is 0 Å². The number of nitrogens with two attached hydrogens (primary N) is 1. The topological polar surface area (TPSA) is 73.1 Å². The molecule has 2 rings (SSSR count). The van der Waals surface area contributed by atoms with Gasteiger partial charge in [-0.15, -0.1) is 0 Å². The van der Waals surface area contributed by atoms with Gasteiger partial charge in [0.1, 0.15) is 11.6 Å². The van der Waals surface area contributed by atoms with Crippen LogP contribution in [0.5, 0.6) is 5.75 Å². The number of aromatic nitrogens is 2. The molecule has 3 N–H and O–H groups in total. The third-order valence-electron chi connectivity index (χ3n) is 2.52. The Balaban J connectivity index is 2.58. The molecular formula is C12H12Cl2N4O. The summed E-state index contributed by atoms with van der Waals surface area (Å²) in [4.78, 5) is 8.17. The Morgan fingerprint density at radius 2 is 1.89 bits per heavy atom. The molecule has 0 radical (unpaired) electrons. The van der Waals surface area contributed by atoms with E-state index in [1.807, 2.05) is 0 Å². The molecule has 0 spiro atoms. The summed E-state index contributed by atoms with van der Waals surface area (Å²) in [5.41, 5.74) is 6.91. The molecule has 1 aromatic carbocycles. The van der Waals surface area contributed by atoms with Crippen molar-refractivity contribution in [2.24, 2.45) is 0 Å². The van der Waals surface area contributed by atoms with Gasteiger partial charge in [0, 0.05) is 24.7 Å². The maximum Gasteiger partial charge on any atom is 0.222 e. The van der Waals surface area contributed by atoms with Crippen molar-refractivity contribution >= 4 is 35.0 Å². The number of hydrogen-bond acceptors (Lipinski definition) is 5. The van der Waals surface area contributed by atoms with Crippen LogP contribution in [0.15, 0.2) is 18.2 Å². The maximum atomic E-state index is 6.20. The lowest BCUT2D eigenvalue weighted by Crippen LogP contribution is -2.01. The Morgan fingerprint density at radius 3 is 2.53 bits per heavy atom. The second-order valence-corrected chi connectivity index (χ2v) is 4.53. The largest absolute Gasteiger partial charge is 0.495 e. The zero-order chi connectivity index (χ0) is 14.0. The Kier molecular flexibility index (Phi) is 3.97. The molecule has 0 fully saturated rings. The fourth-order valence-corrected chi connectivity index (χ4v) is 2.10. The monoisotopic (exact) mass is 298 g/mol. The molecule has 19 heavy (non-hydrogen) atoms. The molecule has 0 amide bonds. The number of nitrogens with zero attached hydrogens (tertiary/aromatic N) is 2. The van der Waals surface area contributed by atoms with Crippen LogP contribution < -0.4 is 15.8 Å². The highest BCUT2D eigenvalue weighted by Crippen LogP contribution is 2.36. The average Bonchev–Trinajstić information content (AvgIpc) is 2.40. The second-order valence-electron chi connectivity index (χ2n) is 3.71. The summed E-state index contributed by atoms with van der Waals surface area (Å²) in [6, 6.07) is 5.06. The molecule has 0 aliphatic heterocycles. The first kappa shape index (κ1) is 13.7. The van der Waals surface area contributed by atoms with Crippen LogP contribution in [0.4, 0.5) is 11.8 Å². The van der Waals surface area contributed by atoms with Gasteiger partial charge >= 0.3 is 0 Å². The highest BCUT2D eigenvalue weighted by Gasteiger charge is 2.12. The van der Waals surface area contributed by atoms with Gasteiger partial charge < -0.3 is 15.8 Å². The van der Waals surface area contributed by atoms with Crippen molar-refractivity contribution in [3.63, 3.8) is 0 Å². The van der Waals surface area contributed by atoms with Gasteiger partial charge in [0.05, 0.1) is 22.8 Å². The number of nitrogens with one attached hydrogen (secondary N) is 1. The molecular weight excluding hydrogens is 287 g/mol. The SMILES string of the molecule is CNc1cc(-c2cc(Cl)c(OC)cc2Cl)nc(N)n1. The van der Waals surface area contributed by atoms with Crippen LogP contribution in [0.3, 0.4) is 0 Å². The van der Waals surface area contributed by atoms with Gasteiger partial charge in [-0.2, -0.15) is 4.98 Å². The number of halogens is 2. The lowest BCUT2D eigenvalue weighted by Gasteiger charge is -2.10. The number of nitrogen functional groups attached to an aromatic ring is 1. The van der Waals surface area contributed by atoms with E-state index in [0.717, 1.165) is 0 Å². The van der Waals surface area contributed by atoms with E-state index in [0.29, 0.717) is 32.9 Å². The molecule has 7 heteroatoms. The molecule has 100 valence electrons. The van der Waals surface area contributed by atoms with Crippen LogP contribution in [-0.4, -0.2) is 24.1 Å². The summed E-state index contributed by atoms with van der Waals surface area (Å²) in [6.07, 6.45) is 0. The molecule has 0 unspecified atom stereocenters. The van der Waals surface area contributed by atoms with Crippen molar-refractivity contribution in [3.05, 3.63) is 28.2 Å². The number of ether oxygens (including phenoxy) is 1. The first-order chi connectivity index (χ1) is 9.05. The van der Waals surface area contributed by atoms with Gasteiger partial charge in [0.15, 0.2) is 0 Å². The van der Waals surface area contributed by atoms with E-state index < -0.39 is 0 Å². The normalized spacial score (nSPS) is 10.3. The van der Waals surface area contributed by atoms with Gasteiger partial charge in [-0.05, 0) is 6.07 Å². The Labute approximate surface area is 120 Å². The second kappa shape index (κ2) is 5.50. The zero-order valence-corrected chi connectivity index (χ0v) is 11.9. The quantitative estimate of drug-likeness (QED) is 0.911. The van der Waals surface area contributed by atoms with E-state index in [2.05, 4.69) is 15.3 Å². The predicted octanol–water partition coefficient (Wildman–Crippen LogP) is 3.08. The number of anilines is 2. The Bertz CT molecular complexity index is 619. The molecule has 0 saturated heterocycles. The third kappa shape index (κ3) is 2.83. The maximum absolute atomic E-state index is 6.20. The summed E-state index contributed by atoms with van der Waals surface area (Å²) in [5, 5.41) is 3.83. The third-order valence-corrected chi connectivity index (χ3v) is 3.13. The van der Waals surface area contributed by atoms with Crippen LogP contribution in [0, 0.1) is 0 Å². The number of methoxy groups -OCH3 is 1. The molecule has 0 atom stereocenters. The minimum Gasteiger partial charge on any atom is -0.495 e. The summed E-state index contributed by atoms with van der Waals surface area (Å²) in [6.45, 7) is 0. The highest BCUT2D eigenvalue weighted by molar-refractivity contribution is 6.36. The van der Waals surface area contributed by atoms with Gasteiger partial charge in [-0.1, -0.05) is 23.2 Å². The zero-order valence-electron chi connectivity index (χ0n) is 10.4. The molecule has 0 aliphatic carbocycles. The van der Waals surface area contributed by atoms with E-state index in [4.69, 9.17) is 33.7 Å². The van der Waals surface area contributed by atoms with E-state index in [9.17, 15) is 0 Å². The van der Waals surface area contributed by atoms with E-state index in [1.165, 1.54) is 7.11 Å². The predicted molar refractivity (Wildman–Crippen MR) is 78.0 cm³/mol. The van der Waals surface area contributed by atoms with Crippen molar-refractivity contribution in [2.75, 3.05) is 25.2 Å². The lowest BCUT2D eigenvalue weighted by molar-refractivity contribution is 0.415. The van der Waals surface area contributed by atoms with Crippen LogP contribution in [0.2, 0.25) is 10.0 Å². The minimum absolute atomic E-state index is 0.157. The summed E-state index contributed by atoms with van der Waals surface area (Å²) >= 11 is 12.3. The van der Waals surface area contributed by atoms with Gasteiger partial charge in [0.2, 0.25) is 5.95 Å². The molecule has 0 saturated carbocycles.